The van der Waals surface area contributed by atoms with E-state index in [-0.39, 0.29) is 0 Å². The van der Waals surface area contributed by atoms with E-state index in [4.69, 9.17) is 5.73 Å². The maximum absolute atomic E-state index is 13.3. The quantitative estimate of drug-likeness (QED) is 0.874. The first-order valence-corrected chi connectivity index (χ1v) is 6.14. The van der Waals surface area contributed by atoms with Gasteiger partial charge >= 0.3 is 0 Å². The van der Waals surface area contributed by atoms with E-state index in [1.807, 2.05) is 32.0 Å². The van der Waals surface area contributed by atoms with Gasteiger partial charge in [-0.3, -0.25) is 0 Å². The van der Waals surface area contributed by atoms with Crippen LogP contribution < -0.4 is 5.73 Å². The van der Waals surface area contributed by atoms with Crippen LogP contribution in [0.1, 0.15) is 29.2 Å². The van der Waals surface area contributed by atoms with Gasteiger partial charge in [-0.1, -0.05) is 24.3 Å². The molecule has 0 aliphatic heterocycles. The topological polar surface area (TPSA) is 26.0 Å². The molecule has 1 atom stereocenters. The summed E-state index contributed by atoms with van der Waals surface area (Å²) in [4.78, 5) is 0. The lowest BCUT2D eigenvalue weighted by Crippen LogP contribution is -2.34. The van der Waals surface area contributed by atoms with Crippen LogP contribution in [0.25, 0.3) is 0 Å². The molecular formula is C16H17F2N. The summed E-state index contributed by atoms with van der Waals surface area (Å²) in [6.45, 7) is 5.81. The number of hydrogen-bond donors (Lipinski definition) is 1. The van der Waals surface area contributed by atoms with E-state index in [0.29, 0.717) is 5.56 Å². The SMILES string of the molecule is Cc1ccc(C(C)(N)c2ccc(F)c(F)c2)cc1C. The molecule has 0 fully saturated rings. The summed E-state index contributed by atoms with van der Waals surface area (Å²) in [6.07, 6.45) is 0. The first kappa shape index (κ1) is 13.7. The van der Waals surface area contributed by atoms with Crippen molar-refractivity contribution >= 4 is 0 Å². The number of benzene rings is 2. The highest BCUT2D eigenvalue weighted by atomic mass is 19.2. The Morgan fingerprint density at radius 2 is 1.42 bits per heavy atom. The Labute approximate surface area is 112 Å². The van der Waals surface area contributed by atoms with Gasteiger partial charge in [0.05, 0.1) is 5.54 Å². The average molecular weight is 261 g/mol. The predicted molar refractivity (Wildman–Crippen MR) is 72.9 cm³/mol. The van der Waals surface area contributed by atoms with Gasteiger partial charge in [-0.15, -0.1) is 0 Å². The van der Waals surface area contributed by atoms with Gasteiger partial charge < -0.3 is 5.73 Å². The number of hydrogen-bond acceptors (Lipinski definition) is 1. The molecule has 1 unspecified atom stereocenters. The first-order chi connectivity index (χ1) is 8.82. The van der Waals surface area contributed by atoms with E-state index in [0.717, 1.165) is 23.3 Å². The second kappa shape index (κ2) is 4.74. The summed E-state index contributed by atoms with van der Waals surface area (Å²) in [5, 5.41) is 0. The van der Waals surface area contributed by atoms with Gasteiger partial charge in [0.25, 0.3) is 0 Å². The fourth-order valence-electron chi connectivity index (χ4n) is 2.05. The molecule has 0 saturated heterocycles. The van der Waals surface area contributed by atoms with Gasteiger partial charge in [0.15, 0.2) is 11.6 Å². The van der Waals surface area contributed by atoms with Crippen LogP contribution in [0.15, 0.2) is 36.4 Å². The summed E-state index contributed by atoms with van der Waals surface area (Å²) in [6, 6.07) is 9.67. The summed E-state index contributed by atoms with van der Waals surface area (Å²) in [5.74, 6) is -1.74. The third kappa shape index (κ3) is 2.51. The highest BCUT2D eigenvalue weighted by Crippen LogP contribution is 2.28. The van der Waals surface area contributed by atoms with E-state index in [9.17, 15) is 8.78 Å². The average Bonchev–Trinajstić information content (AvgIpc) is 2.35. The van der Waals surface area contributed by atoms with Crippen LogP contribution in [0.3, 0.4) is 0 Å². The third-order valence-electron chi connectivity index (χ3n) is 3.63. The normalized spacial score (nSPS) is 14.2. The molecule has 2 aromatic carbocycles. The lowest BCUT2D eigenvalue weighted by molar-refractivity contribution is 0.500. The van der Waals surface area contributed by atoms with Crippen molar-refractivity contribution in [2.75, 3.05) is 0 Å². The van der Waals surface area contributed by atoms with Crippen LogP contribution in [0.4, 0.5) is 8.78 Å². The van der Waals surface area contributed by atoms with Crippen molar-refractivity contribution in [2.24, 2.45) is 5.73 Å². The van der Waals surface area contributed by atoms with Crippen molar-refractivity contribution in [1.29, 1.82) is 0 Å². The zero-order valence-corrected chi connectivity index (χ0v) is 11.3. The largest absolute Gasteiger partial charge is 0.318 e. The monoisotopic (exact) mass is 261 g/mol. The number of nitrogens with two attached hydrogens (primary N) is 1. The minimum atomic E-state index is -0.877. The van der Waals surface area contributed by atoms with E-state index >= 15 is 0 Å². The van der Waals surface area contributed by atoms with Crippen LogP contribution in [0, 0.1) is 25.5 Å². The van der Waals surface area contributed by atoms with Gasteiger partial charge in [0.1, 0.15) is 0 Å². The summed E-state index contributed by atoms with van der Waals surface area (Å²) in [5.41, 5.74) is 9.17. The maximum Gasteiger partial charge on any atom is 0.159 e. The van der Waals surface area contributed by atoms with Gasteiger partial charge in [0.2, 0.25) is 0 Å². The molecule has 100 valence electrons. The zero-order chi connectivity index (χ0) is 14.2. The van der Waals surface area contributed by atoms with Gasteiger partial charge in [-0.25, -0.2) is 8.78 Å². The van der Waals surface area contributed by atoms with Crippen LogP contribution in [-0.2, 0) is 5.54 Å². The van der Waals surface area contributed by atoms with Crippen molar-refractivity contribution in [3.8, 4) is 0 Å². The fourth-order valence-corrected chi connectivity index (χ4v) is 2.05. The Kier molecular flexibility index (Phi) is 3.42. The molecule has 2 N–H and O–H groups in total. The Morgan fingerprint density at radius 1 is 0.842 bits per heavy atom. The summed E-state index contributed by atoms with van der Waals surface area (Å²) in [7, 11) is 0. The molecule has 0 heterocycles. The number of halogens is 2. The second-order valence-corrected chi connectivity index (χ2v) is 5.13. The molecule has 2 rings (SSSR count). The number of rotatable bonds is 2. The van der Waals surface area contributed by atoms with E-state index < -0.39 is 17.2 Å². The Hall–Kier alpha value is -1.74. The molecule has 0 amide bonds. The molecule has 2 aromatic rings. The molecule has 0 aromatic heterocycles. The lowest BCUT2D eigenvalue weighted by atomic mass is 9.84. The standard InChI is InChI=1S/C16H17F2N/c1-10-4-5-12(8-11(10)2)16(3,19)13-6-7-14(17)15(18)9-13/h4-9H,19H2,1-3H3. The molecule has 19 heavy (non-hydrogen) atoms. The Morgan fingerprint density at radius 3 is 2.00 bits per heavy atom. The van der Waals surface area contributed by atoms with Gasteiger partial charge in [-0.05, 0) is 55.2 Å². The maximum atomic E-state index is 13.3. The molecular weight excluding hydrogens is 244 g/mol. The molecule has 0 saturated carbocycles. The van der Waals surface area contributed by atoms with Gasteiger partial charge in [0, 0.05) is 0 Å². The third-order valence-corrected chi connectivity index (χ3v) is 3.63. The molecule has 1 nitrogen and oxygen atoms in total. The van der Waals surface area contributed by atoms with Crippen molar-refractivity contribution in [3.63, 3.8) is 0 Å². The predicted octanol–water partition coefficient (Wildman–Crippen LogP) is 3.80. The van der Waals surface area contributed by atoms with Crippen molar-refractivity contribution in [3.05, 3.63) is 70.3 Å². The van der Waals surface area contributed by atoms with Crippen LogP contribution in [-0.4, -0.2) is 0 Å². The highest BCUT2D eigenvalue weighted by Gasteiger charge is 2.25. The Bertz CT molecular complexity index is 565. The minimum absolute atomic E-state index is 0.551. The van der Waals surface area contributed by atoms with E-state index in [1.165, 1.54) is 11.6 Å². The zero-order valence-electron chi connectivity index (χ0n) is 11.3. The van der Waals surface area contributed by atoms with E-state index in [2.05, 4.69) is 0 Å². The molecule has 3 heteroatoms. The highest BCUT2D eigenvalue weighted by molar-refractivity contribution is 5.41. The van der Waals surface area contributed by atoms with Crippen molar-refractivity contribution in [1.82, 2.24) is 0 Å². The second-order valence-electron chi connectivity index (χ2n) is 5.13. The van der Waals surface area contributed by atoms with Gasteiger partial charge in [-0.2, -0.15) is 0 Å². The van der Waals surface area contributed by atoms with Crippen LogP contribution in [0.2, 0.25) is 0 Å². The lowest BCUT2D eigenvalue weighted by Gasteiger charge is -2.27. The summed E-state index contributed by atoms with van der Waals surface area (Å²) >= 11 is 0. The molecule has 0 spiro atoms. The van der Waals surface area contributed by atoms with Crippen molar-refractivity contribution < 1.29 is 8.78 Å². The summed E-state index contributed by atoms with van der Waals surface area (Å²) < 4.78 is 26.3. The van der Waals surface area contributed by atoms with Crippen LogP contribution >= 0.6 is 0 Å². The van der Waals surface area contributed by atoms with Crippen molar-refractivity contribution in [2.45, 2.75) is 26.3 Å². The Balaban J connectivity index is 2.51. The minimum Gasteiger partial charge on any atom is -0.318 e. The molecule has 0 aliphatic rings. The van der Waals surface area contributed by atoms with Crippen LogP contribution in [0.5, 0.6) is 0 Å². The fraction of sp³-hybridized carbons (Fsp3) is 0.250. The molecule has 0 radical (unpaired) electrons. The number of aryl methyl sites for hydroxylation is 2. The molecule has 0 aliphatic carbocycles. The molecule has 0 bridgehead atoms. The smallest absolute Gasteiger partial charge is 0.159 e. The van der Waals surface area contributed by atoms with E-state index in [1.54, 1.807) is 6.92 Å². The first-order valence-electron chi connectivity index (χ1n) is 6.14.